The van der Waals surface area contributed by atoms with Gasteiger partial charge < -0.3 is 21.4 Å². The van der Waals surface area contributed by atoms with Crippen molar-refractivity contribution in [3.05, 3.63) is 54.2 Å². The molecule has 0 aliphatic heterocycles. The van der Waals surface area contributed by atoms with Gasteiger partial charge in [-0.25, -0.2) is 0 Å². The van der Waals surface area contributed by atoms with Gasteiger partial charge >= 0.3 is 0 Å². The molecule has 2 aromatic heterocycles. The van der Waals surface area contributed by atoms with Crippen LogP contribution in [-0.2, 0) is 20.8 Å². The van der Waals surface area contributed by atoms with Crippen molar-refractivity contribution in [1.29, 1.82) is 0 Å². The van der Waals surface area contributed by atoms with Crippen molar-refractivity contribution < 1.29 is 14.4 Å². The second-order valence-electron chi connectivity index (χ2n) is 8.37. The average Bonchev–Trinajstić information content (AvgIpc) is 3.50. The standard InChI is InChI=1S/C23H23N7O3/c24-20(33)18-13-4-5-14(10-13)19(18)28-22-16-6-7-25-21(16)29-23(30-22)27-15-3-1-2-12(8-15)9-17(32)26-11-31/h1-8,11,13-14,18-19H,9-10H2,(H2,24,33)(H,26,31,32)(H3,25,27,28,29,30)/t13-,14?,18?,19?/m1/s1. The number of primary amides is 1. The number of hydrogen-bond acceptors (Lipinski definition) is 7. The van der Waals surface area contributed by atoms with Crippen LogP contribution in [0.25, 0.3) is 11.0 Å². The van der Waals surface area contributed by atoms with Crippen molar-refractivity contribution >= 4 is 46.7 Å². The third kappa shape index (κ3) is 4.02. The topological polar surface area (TPSA) is 155 Å². The number of anilines is 3. The van der Waals surface area contributed by atoms with E-state index in [0.717, 1.165) is 17.4 Å². The van der Waals surface area contributed by atoms with Crippen molar-refractivity contribution in [3.63, 3.8) is 0 Å². The average molecular weight is 445 g/mol. The lowest BCUT2D eigenvalue weighted by Gasteiger charge is -2.27. The van der Waals surface area contributed by atoms with Gasteiger partial charge in [-0.1, -0.05) is 24.3 Å². The Morgan fingerprint density at radius 3 is 2.85 bits per heavy atom. The smallest absolute Gasteiger partial charge is 0.231 e. The lowest BCUT2D eigenvalue weighted by atomic mass is 9.88. The molecular weight excluding hydrogens is 422 g/mol. The van der Waals surface area contributed by atoms with E-state index < -0.39 is 0 Å². The summed E-state index contributed by atoms with van der Waals surface area (Å²) in [5, 5.41) is 9.58. The van der Waals surface area contributed by atoms with Crippen LogP contribution in [0.3, 0.4) is 0 Å². The first-order valence-corrected chi connectivity index (χ1v) is 10.7. The normalized spacial score (nSPS) is 22.9. The number of nitrogens with two attached hydrogens (primary N) is 1. The first kappa shape index (κ1) is 20.7. The van der Waals surface area contributed by atoms with E-state index in [9.17, 15) is 14.4 Å². The number of allylic oxidation sites excluding steroid dienone is 1. The number of amides is 3. The molecule has 2 bridgehead atoms. The fraction of sp³-hybridized carbons (Fsp3) is 0.261. The Morgan fingerprint density at radius 1 is 1.18 bits per heavy atom. The van der Waals surface area contributed by atoms with E-state index in [0.29, 0.717) is 29.5 Å². The van der Waals surface area contributed by atoms with Crippen LogP contribution in [0.4, 0.5) is 17.5 Å². The molecule has 4 atom stereocenters. The largest absolute Gasteiger partial charge is 0.369 e. The molecule has 0 spiro atoms. The van der Waals surface area contributed by atoms with Gasteiger partial charge in [-0.05, 0) is 42.0 Å². The Morgan fingerprint density at radius 2 is 2.03 bits per heavy atom. The first-order chi connectivity index (χ1) is 16.0. The summed E-state index contributed by atoms with van der Waals surface area (Å²) >= 11 is 0. The number of aromatic amines is 1. The van der Waals surface area contributed by atoms with Crippen molar-refractivity contribution in [3.8, 4) is 0 Å². The van der Waals surface area contributed by atoms with Gasteiger partial charge in [-0.2, -0.15) is 9.97 Å². The van der Waals surface area contributed by atoms with Crippen LogP contribution in [0.2, 0.25) is 0 Å². The molecule has 0 radical (unpaired) electrons. The minimum Gasteiger partial charge on any atom is -0.369 e. The number of carbonyl (C=O) groups excluding carboxylic acids is 3. The number of nitrogens with one attached hydrogen (secondary N) is 4. The van der Waals surface area contributed by atoms with Gasteiger partial charge in [0.1, 0.15) is 11.5 Å². The number of carbonyl (C=O) groups is 3. The summed E-state index contributed by atoms with van der Waals surface area (Å²) in [4.78, 5) is 46.6. The van der Waals surface area contributed by atoms with Gasteiger partial charge in [-0.3, -0.25) is 19.7 Å². The highest BCUT2D eigenvalue weighted by Gasteiger charge is 2.47. The summed E-state index contributed by atoms with van der Waals surface area (Å²) in [6.07, 6.45) is 7.36. The molecule has 1 aromatic carbocycles. The molecular formula is C23H23N7O3. The van der Waals surface area contributed by atoms with Crippen LogP contribution < -0.4 is 21.7 Å². The zero-order valence-electron chi connectivity index (χ0n) is 17.6. The zero-order valence-corrected chi connectivity index (χ0v) is 17.6. The Bertz CT molecular complexity index is 1270. The summed E-state index contributed by atoms with van der Waals surface area (Å²) in [6.45, 7) is 0. The van der Waals surface area contributed by atoms with Crippen molar-refractivity contribution in [2.75, 3.05) is 10.6 Å². The number of nitrogens with zero attached hydrogens (tertiary/aromatic N) is 2. The van der Waals surface area contributed by atoms with Crippen LogP contribution in [0, 0.1) is 17.8 Å². The minimum atomic E-state index is -0.387. The van der Waals surface area contributed by atoms with E-state index in [1.807, 2.05) is 12.1 Å². The number of rotatable bonds is 8. The number of benzene rings is 1. The Labute approximate surface area is 189 Å². The fourth-order valence-electron chi connectivity index (χ4n) is 4.86. The predicted molar refractivity (Wildman–Crippen MR) is 122 cm³/mol. The highest BCUT2D eigenvalue weighted by molar-refractivity contribution is 5.89. The molecule has 6 N–H and O–H groups in total. The van der Waals surface area contributed by atoms with Crippen LogP contribution >= 0.6 is 0 Å². The number of fused-ring (bicyclic) bond motifs is 3. The number of imide groups is 1. The quantitative estimate of drug-likeness (QED) is 0.261. The third-order valence-electron chi connectivity index (χ3n) is 6.27. The van der Waals surface area contributed by atoms with Gasteiger partial charge in [0.05, 0.1) is 17.7 Å². The Kier molecular flexibility index (Phi) is 5.25. The molecule has 10 nitrogen and oxygen atoms in total. The van der Waals surface area contributed by atoms with Crippen molar-refractivity contribution in [2.24, 2.45) is 23.5 Å². The van der Waals surface area contributed by atoms with E-state index in [1.54, 1.807) is 24.4 Å². The number of H-pyrrole nitrogens is 1. The molecule has 168 valence electrons. The molecule has 3 amide bonds. The molecule has 0 saturated heterocycles. The number of hydrogen-bond donors (Lipinski definition) is 5. The lowest BCUT2D eigenvalue weighted by molar-refractivity contribution is -0.125. The second-order valence-corrected chi connectivity index (χ2v) is 8.37. The summed E-state index contributed by atoms with van der Waals surface area (Å²) in [5.74, 6) is 0.375. The third-order valence-corrected chi connectivity index (χ3v) is 6.27. The molecule has 10 heteroatoms. The van der Waals surface area contributed by atoms with Gasteiger partial charge in [0.2, 0.25) is 24.2 Å². The first-order valence-electron chi connectivity index (χ1n) is 10.7. The van der Waals surface area contributed by atoms with Crippen molar-refractivity contribution in [1.82, 2.24) is 20.3 Å². The SMILES string of the molecule is NC(=O)C1C(Nc2nc(Nc3cccc(CC(=O)NC=O)c3)nc3[nH]ccc23)C2C=C[C@@H]1C2. The molecule has 5 rings (SSSR count). The van der Waals surface area contributed by atoms with Crippen molar-refractivity contribution in [2.45, 2.75) is 18.9 Å². The second kappa shape index (κ2) is 8.38. The summed E-state index contributed by atoms with van der Waals surface area (Å²) < 4.78 is 0. The zero-order chi connectivity index (χ0) is 22.9. The van der Waals surface area contributed by atoms with Gasteiger partial charge in [0, 0.05) is 17.9 Å². The van der Waals surface area contributed by atoms with Gasteiger partial charge in [-0.15, -0.1) is 0 Å². The number of aromatic nitrogens is 3. The van der Waals surface area contributed by atoms with Gasteiger partial charge in [0.25, 0.3) is 0 Å². The van der Waals surface area contributed by atoms with Crippen LogP contribution in [0.1, 0.15) is 12.0 Å². The van der Waals surface area contributed by atoms with Crippen LogP contribution in [0.15, 0.2) is 48.7 Å². The maximum absolute atomic E-state index is 12.1. The molecule has 3 unspecified atom stereocenters. The Hall–Kier alpha value is -4.21. The molecule has 3 aromatic rings. The highest BCUT2D eigenvalue weighted by atomic mass is 16.2. The highest BCUT2D eigenvalue weighted by Crippen LogP contribution is 2.45. The molecule has 1 fully saturated rings. The van der Waals surface area contributed by atoms with Crippen LogP contribution in [0.5, 0.6) is 0 Å². The molecule has 33 heavy (non-hydrogen) atoms. The van der Waals surface area contributed by atoms with Gasteiger partial charge in [0.15, 0.2) is 0 Å². The Balaban J connectivity index is 1.41. The molecule has 1 saturated carbocycles. The van der Waals surface area contributed by atoms with E-state index in [4.69, 9.17) is 5.73 Å². The molecule has 2 aliphatic rings. The fourth-order valence-corrected chi connectivity index (χ4v) is 4.86. The predicted octanol–water partition coefficient (Wildman–Crippen LogP) is 1.60. The molecule has 2 aliphatic carbocycles. The minimum absolute atomic E-state index is 0.0733. The summed E-state index contributed by atoms with van der Waals surface area (Å²) in [6, 6.07) is 8.99. The maximum atomic E-state index is 12.1. The summed E-state index contributed by atoms with van der Waals surface area (Å²) in [5.41, 5.74) is 7.78. The lowest BCUT2D eigenvalue weighted by Crippen LogP contribution is -2.41. The van der Waals surface area contributed by atoms with E-state index in [-0.39, 0.29) is 42.0 Å². The summed E-state index contributed by atoms with van der Waals surface area (Å²) in [7, 11) is 0. The van der Waals surface area contributed by atoms with E-state index in [2.05, 4.69) is 43.1 Å². The maximum Gasteiger partial charge on any atom is 0.231 e. The van der Waals surface area contributed by atoms with Crippen LogP contribution in [-0.4, -0.2) is 39.2 Å². The van der Waals surface area contributed by atoms with E-state index in [1.165, 1.54) is 0 Å². The van der Waals surface area contributed by atoms with E-state index >= 15 is 0 Å². The monoisotopic (exact) mass is 445 g/mol. The molecule has 2 heterocycles.